The fraction of sp³-hybridized carbons (Fsp3) is 0.571. The van der Waals surface area contributed by atoms with Crippen molar-refractivity contribution in [2.24, 2.45) is 11.7 Å². The fourth-order valence-corrected chi connectivity index (χ4v) is 5.04. The number of nitrogens with one attached hydrogen (secondary N) is 1. The molecule has 1 rings (SSSR count). The van der Waals surface area contributed by atoms with Crippen LogP contribution in [0.2, 0.25) is 5.02 Å². The normalized spacial score (nSPS) is 15.6. The van der Waals surface area contributed by atoms with Crippen molar-refractivity contribution in [3.05, 3.63) is 23.2 Å². The zero-order valence-corrected chi connectivity index (χ0v) is 16.0. The number of rotatable bonds is 7. The van der Waals surface area contributed by atoms with Crippen molar-refractivity contribution >= 4 is 31.5 Å². The molecule has 0 saturated heterocycles. The third-order valence-electron chi connectivity index (χ3n) is 3.31. The zero-order chi connectivity index (χ0) is 18.1. The number of nitrogens with two attached hydrogens (primary N) is 1. The molecule has 0 spiro atoms. The van der Waals surface area contributed by atoms with Crippen LogP contribution in [-0.2, 0) is 19.9 Å². The first-order valence-electron chi connectivity index (χ1n) is 7.04. The van der Waals surface area contributed by atoms with Gasteiger partial charge in [-0.2, -0.15) is 0 Å². The second kappa shape index (κ2) is 7.06. The fourth-order valence-electron chi connectivity index (χ4n) is 2.37. The summed E-state index contributed by atoms with van der Waals surface area (Å²) in [5.41, 5.74) is 4.87. The highest BCUT2D eigenvalue weighted by Crippen LogP contribution is 2.27. The summed E-state index contributed by atoms with van der Waals surface area (Å²) in [7, 11) is -7.56. The molecule has 23 heavy (non-hydrogen) atoms. The van der Waals surface area contributed by atoms with Gasteiger partial charge in [0.25, 0.3) is 0 Å². The van der Waals surface area contributed by atoms with E-state index in [1.165, 1.54) is 12.1 Å². The molecule has 132 valence electrons. The molecule has 1 aromatic rings. The van der Waals surface area contributed by atoms with Crippen LogP contribution in [0, 0.1) is 5.92 Å². The lowest BCUT2D eigenvalue weighted by Crippen LogP contribution is -2.52. The van der Waals surface area contributed by atoms with Crippen LogP contribution in [0.5, 0.6) is 0 Å². The van der Waals surface area contributed by atoms with Crippen LogP contribution >= 0.6 is 11.6 Å². The van der Waals surface area contributed by atoms with E-state index in [4.69, 9.17) is 17.3 Å². The summed E-state index contributed by atoms with van der Waals surface area (Å²) in [6.07, 6.45) is 1.54. The van der Waals surface area contributed by atoms with Gasteiger partial charge >= 0.3 is 0 Å². The van der Waals surface area contributed by atoms with Crippen molar-refractivity contribution in [2.45, 2.75) is 42.5 Å². The van der Waals surface area contributed by atoms with Gasteiger partial charge in [0.2, 0.25) is 10.0 Å². The van der Waals surface area contributed by atoms with Crippen molar-refractivity contribution < 1.29 is 16.8 Å². The molecule has 0 aromatic heterocycles. The van der Waals surface area contributed by atoms with Gasteiger partial charge in [0, 0.05) is 18.3 Å². The van der Waals surface area contributed by atoms with Crippen molar-refractivity contribution in [1.82, 2.24) is 4.72 Å². The van der Waals surface area contributed by atoms with Crippen LogP contribution in [0.15, 0.2) is 28.0 Å². The maximum atomic E-state index is 12.6. The molecule has 0 amide bonds. The third-order valence-corrected chi connectivity index (χ3v) is 6.54. The summed E-state index contributed by atoms with van der Waals surface area (Å²) in [5.74, 6) is 0.226. The lowest BCUT2D eigenvalue weighted by atomic mass is 9.92. The first-order valence-corrected chi connectivity index (χ1v) is 10.8. The second-order valence-electron chi connectivity index (χ2n) is 6.33. The average molecular weight is 383 g/mol. The number of sulfonamides is 1. The Morgan fingerprint density at radius 3 is 2.26 bits per heavy atom. The maximum Gasteiger partial charge on any atom is 0.242 e. The second-order valence-corrected chi connectivity index (χ2v) is 10.4. The first-order chi connectivity index (χ1) is 10.3. The summed E-state index contributed by atoms with van der Waals surface area (Å²) in [6.45, 7) is 5.73. The van der Waals surface area contributed by atoms with Gasteiger partial charge in [-0.3, -0.25) is 0 Å². The number of hydrogen-bond donors (Lipinski definition) is 2. The Morgan fingerprint density at radius 2 is 1.83 bits per heavy atom. The molecular formula is C14H23ClN2O4S2. The van der Waals surface area contributed by atoms with Gasteiger partial charge in [-0.05, 0) is 37.5 Å². The van der Waals surface area contributed by atoms with Gasteiger partial charge in [-0.25, -0.2) is 21.6 Å². The lowest BCUT2D eigenvalue weighted by molar-refractivity contribution is 0.344. The molecule has 0 saturated carbocycles. The molecule has 0 heterocycles. The van der Waals surface area contributed by atoms with E-state index in [0.29, 0.717) is 6.42 Å². The van der Waals surface area contributed by atoms with Gasteiger partial charge in [-0.15, -0.1) is 0 Å². The Bertz CT molecular complexity index is 776. The lowest BCUT2D eigenvalue weighted by Gasteiger charge is -2.31. The highest BCUT2D eigenvalue weighted by Gasteiger charge is 2.31. The summed E-state index contributed by atoms with van der Waals surface area (Å²) in [6, 6.07) is 3.59. The van der Waals surface area contributed by atoms with Crippen LogP contribution < -0.4 is 10.5 Å². The Morgan fingerprint density at radius 1 is 1.26 bits per heavy atom. The smallest absolute Gasteiger partial charge is 0.242 e. The molecule has 0 aliphatic rings. The van der Waals surface area contributed by atoms with Crippen LogP contribution in [0.1, 0.15) is 27.2 Å². The average Bonchev–Trinajstić information content (AvgIpc) is 2.35. The van der Waals surface area contributed by atoms with E-state index >= 15 is 0 Å². The largest absolute Gasteiger partial charge is 0.329 e. The number of benzene rings is 1. The van der Waals surface area contributed by atoms with Crippen LogP contribution in [-0.4, -0.2) is 35.2 Å². The van der Waals surface area contributed by atoms with Crippen LogP contribution in [0.25, 0.3) is 0 Å². The Hall–Kier alpha value is -0.670. The predicted molar refractivity (Wildman–Crippen MR) is 91.8 cm³/mol. The monoisotopic (exact) mass is 382 g/mol. The first kappa shape index (κ1) is 20.4. The van der Waals surface area contributed by atoms with Crippen LogP contribution in [0.4, 0.5) is 0 Å². The van der Waals surface area contributed by atoms with Gasteiger partial charge in [0.15, 0.2) is 9.84 Å². The van der Waals surface area contributed by atoms with Gasteiger partial charge < -0.3 is 5.73 Å². The summed E-state index contributed by atoms with van der Waals surface area (Å²) < 4.78 is 51.1. The van der Waals surface area contributed by atoms with Crippen molar-refractivity contribution in [1.29, 1.82) is 0 Å². The van der Waals surface area contributed by atoms with Gasteiger partial charge in [0.05, 0.1) is 9.92 Å². The quantitative estimate of drug-likeness (QED) is 0.747. The minimum absolute atomic E-state index is 0.0474. The van der Waals surface area contributed by atoms with E-state index in [0.717, 1.165) is 12.3 Å². The highest BCUT2D eigenvalue weighted by atomic mass is 35.5. The van der Waals surface area contributed by atoms with E-state index in [2.05, 4.69) is 4.72 Å². The van der Waals surface area contributed by atoms with Crippen molar-refractivity contribution in [2.75, 3.05) is 12.8 Å². The van der Waals surface area contributed by atoms with Crippen molar-refractivity contribution in [3.8, 4) is 0 Å². The number of hydrogen-bond acceptors (Lipinski definition) is 5. The highest BCUT2D eigenvalue weighted by molar-refractivity contribution is 7.91. The molecule has 0 fully saturated rings. The molecule has 6 nitrogen and oxygen atoms in total. The Labute approximate surface area is 143 Å². The Balaban J connectivity index is 3.33. The minimum Gasteiger partial charge on any atom is -0.329 e. The predicted octanol–water partition coefficient (Wildman–Crippen LogP) is 1.79. The van der Waals surface area contributed by atoms with Crippen LogP contribution in [0.3, 0.4) is 0 Å². The van der Waals surface area contributed by atoms with E-state index in [9.17, 15) is 16.8 Å². The topological polar surface area (TPSA) is 106 Å². The van der Waals surface area contributed by atoms with E-state index in [1.54, 1.807) is 6.92 Å². The Kier molecular flexibility index (Phi) is 6.26. The van der Waals surface area contributed by atoms with Gasteiger partial charge in [0.1, 0.15) is 4.90 Å². The maximum absolute atomic E-state index is 12.6. The molecule has 1 aromatic carbocycles. The van der Waals surface area contributed by atoms with Gasteiger partial charge in [-0.1, -0.05) is 25.4 Å². The van der Waals surface area contributed by atoms with E-state index in [1.807, 2.05) is 13.8 Å². The van der Waals surface area contributed by atoms with E-state index < -0.39 is 25.4 Å². The molecule has 1 unspecified atom stereocenters. The molecule has 0 aliphatic heterocycles. The molecule has 0 radical (unpaired) electrons. The summed E-state index contributed by atoms with van der Waals surface area (Å²) in [5, 5.41) is -0.0474. The number of halogens is 1. The molecule has 0 bridgehead atoms. The molecular weight excluding hydrogens is 360 g/mol. The molecule has 9 heteroatoms. The van der Waals surface area contributed by atoms with E-state index in [-0.39, 0.29) is 27.3 Å². The summed E-state index contributed by atoms with van der Waals surface area (Å²) >= 11 is 5.96. The summed E-state index contributed by atoms with van der Waals surface area (Å²) in [4.78, 5) is -0.383. The molecule has 1 atom stereocenters. The minimum atomic E-state index is -4.02. The molecule has 3 N–H and O–H groups in total. The van der Waals surface area contributed by atoms with Crippen molar-refractivity contribution in [3.63, 3.8) is 0 Å². The zero-order valence-electron chi connectivity index (χ0n) is 13.6. The number of sulfone groups is 1. The standard InChI is InChI=1S/C14H23ClN2O4S2/c1-10(2)8-14(3,9-16)17-23(20,21)13-7-11(22(4,18)19)5-6-12(13)15/h5-7,10,17H,8-9,16H2,1-4H3. The third kappa shape index (κ3) is 5.42. The molecule has 0 aliphatic carbocycles. The SMILES string of the molecule is CC(C)CC(C)(CN)NS(=O)(=O)c1cc(S(C)(=O)=O)ccc1Cl.